The van der Waals surface area contributed by atoms with Crippen molar-refractivity contribution in [1.82, 2.24) is 4.57 Å². The molecule has 5 rings (SSSR count). The van der Waals surface area contributed by atoms with Crippen molar-refractivity contribution >= 4 is 55.2 Å². The van der Waals surface area contributed by atoms with Crippen LogP contribution in [0.15, 0.2) is 84.6 Å². The molecule has 0 amide bonds. The number of rotatable bonds is 10. The standard InChI is InChI=1S/C35H34Br2N2O6S/c1-7-43-34(41)30-21(5)38-35-39(31(30)24-12-13-27(45-19(2)3)28(17-24)42-6)33(40)29(46-35)16-23-14-25(36)32(26(37)15-23)44-18-22-10-8-20(4)9-11-22/h8-17,19,31H,7,18H2,1-6H3/b29-16-/t31-/m0/s1. The number of benzene rings is 3. The van der Waals surface area contributed by atoms with E-state index in [1.165, 1.54) is 16.9 Å². The highest BCUT2D eigenvalue weighted by Crippen LogP contribution is 2.37. The molecule has 1 aromatic heterocycles. The number of aromatic nitrogens is 1. The molecule has 2 heterocycles. The van der Waals surface area contributed by atoms with Gasteiger partial charge in [0.2, 0.25) is 0 Å². The van der Waals surface area contributed by atoms with Gasteiger partial charge in [-0.15, -0.1) is 0 Å². The van der Waals surface area contributed by atoms with Crippen LogP contribution in [-0.2, 0) is 16.1 Å². The number of halogens is 2. The van der Waals surface area contributed by atoms with Gasteiger partial charge in [0, 0.05) is 0 Å². The third-order valence-corrected chi connectivity index (χ3v) is 9.37. The Labute approximate surface area is 288 Å². The van der Waals surface area contributed by atoms with Crippen molar-refractivity contribution in [3.05, 3.63) is 117 Å². The largest absolute Gasteiger partial charge is 0.493 e. The number of ether oxygens (including phenoxy) is 4. The maximum atomic E-state index is 14.1. The molecule has 240 valence electrons. The minimum atomic E-state index is -0.782. The number of aryl methyl sites for hydroxylation is 1. The van der Waals surface area contributed by atoms with Crippen molar-refractivity contribution in [3.63, 3.8) is 0 Å². The monoisotopic (exact) mass is 768 g/mol. The summed E-state index contributed by atoms with van der Waals surface area (Å²) < 4.78 is 26.6. The van der Waals surface area contributed by atoms with Gasteiger partial charge in [-0.3, -0.25) is 9.36 Å². The zero-order chi connectivity index (χ0) is 33.1. The van der Waals surface area contributed by atoms with Crippen molar-refractivity contribution in [3.8, 4) is 17.2 Å². The van der Waals surface area contributed by atoms with Crippen molar-refractivity contribution < 1.29 is 23.7 Å². The van der Waals surface area contributed by atoms with Gasteiger partial charge in [0.1, 0.15) is 12.4 Å². The molecule has 0 spiro atoms. The van der Waals surface area contributed by atoms with E-state index in [1.54, 1.807) is 37.7 Å². The van der Waals surface area contributed by atoms with Gasteiger partial charge in [-0.25, -0.2) is 9.79 Å². The first-order chi connectivity index (χ1) is 22.0. The minimum absolute atomic E-state index is 0.0662. The van der Waals surface area contributed by atoms with Gasteiger partial charge in [0.25, 0.3) is 5.56 Å². The summed E-state index contributed by atoms with van der Waals surface area (Å²) in [6.45, 7) is 10.0. The second-order valence-electron chi connectivity index (χ2n) is 11.0. The van der Waals surface area contributed by atoms with Crippen LogP contribution in [0.5, 0.6) is 17.2 Å². The lowest BCUT2D eigenvalue weighted by Gasteiger charge is -2.25. The Morgan fingerprint density at radius 3 is 2.37 bits per heavy atom. The molecule has 0 aliphatic carbocycles. The van der Waals surface area contributed by atoms with Crippen LogP contribution in [0, 0.1) is 6.92 Å². The third kappa shape index (κ3) is 7.16. The lowest BCUT2D eigenvalue weighted by molar-refractivity contribution is -0.139. The number of nitrogens with zero attached hydrogens (tertiary/aromatic N) is 2. The van der Waals surface area contributed by atoms with Gasteiger partial charge in [0.05, 0.1) is 50.6 Å². The molecule has 1 aliphatic rings. The average molecular weight is 771 g/mol. The maximum absolute atomic E-state index is 14.1. The van der Waals surface area contributed by atoms with E-state index in [1.807, 2.05) is 57.2 Å². The van der Waals surface area contributed by atoms with Crippen molar-refractivity contribution in [2.75, 3.05) is 13.7 Å². The summed E-state index contributed by atoms with van der Waals surface area (Å²) in [7, 11) is 1.56. The molecule has 0 saturated heterocycles. The molecule has 4 aromatic rings. The van der Waals surface area contributed by atoms with E-state index < -0.39 is 12.0 Å². The van der Waals surface area contributed by atoms with Crippen molar-refractivity contribution in [2.24, 2.45) is 4.99 Å². The summed E-state index contributed by atoms with van der Waals surface area (Å²) in [5.41, 5.74) is 4.19. The number of esters is 1. The van der Waals surface area contributed by atoms with Crippen LogP contribution in [0.25, 0.3) is 6.08 Å². The van der Waals surface area contributed by atoms with Crippen LogP contribution in [0.1, 0.15) is 56.0 Å². The number of allylic oxidation sites excluding steroid dienone is 1. The van der Waals surface area contributed by atoms with Crippen LogP contribution in [-0.4, -0.2) is 30.4 Å². The van der Waals surface area contributed by atoms with Gasteiger partial charge in [-0.05, 0) is 114 Å². The van der Waals surface area contributed by atoms with E-state index in [0.29, 0.717) is 50.0 Å². The lowest BCUT2D eigenvalue weighted by Crippen LogP contribution is -2.40. The van der Waals surface area contributed by atoms with Crippen LogP contribution >= 0.6 is 43.2 Å². The smallest absolute Gasteiger partial charge is 0.338 e. The maximum Gasteiger partial charge on any atom is 0.338 e. The van der Waals surface area contributed by atoms with Gasteiger partial charge in [-0.1, -0.05) is 47.2 Å². The number of carbonyl (C=O) groups is 1. The first-order valence-corrected chi connectivity index (χ1v) is 17.1. The Hall–Kier alpha value is -3.67. The Morgan fingerprint density at radius 2 is 1.74 bits per heavy atom. The highest BCUT2D eigenvalue weighted by Gasteiger charge is 2.34. The predicted molar refractivity (Wildman–Crippen MR) is 187 cm³/mol. The molecule has 0 saturated carbocycles. The van der Waals surface area contributed by atoms with Crippen LogP contribution in [0.2, 0.25) is 0 Å². The molecule has 0 N–H and O–H groups in total. The van der Waals surface area contributed by atoms with Gasteiger partial charge < -0.3 is 18.9 Å². The van der Waals surface area contributed by atoms with E-state index >= 15 is 0 Å². The van der Waals surface area contributed by atoms with Crippen molar-refractivity contribution in [1.29, 1.82) is 0 Å². The van der Waals surface area contributed by atoms with E-state index in [0.717, 1.165) is 20.1 Å². The molecule has 0 fully saturated rings. The number of hydrogen-bond donors (Lipinski definition) is 0. The van der Waals surface area contributed by atoms with Gasteiger partial charge in [0.15, 0.2) is 16.3 Å². The van der Waals surface area contributed by atoms with Crippen molar-refractivity contribution in [2.45, 2.75) is 53.4 Å². The topological polar surface area (TPSA) is 88.4 Å². The summed E-state index contributed by atoms with van der Waals surface area (Å²) in [5, 5.41) is 0. The van der Waals surface area contributed by atoms with Gasteiger partial charge >= 0.3 is 5.97 Å². The number of fused-ring (bicyclic) bond motifs is 1. The highest BCUT2D eigenvalue weighted by molar-refractivity contribution is 9.11. The fourth-order valence-electron chi connectivity index (χ4n) is 5.10. The Kier molecular flexibility index (Phi) is 10.5. The third-order valence-electron chi connectivity index (χ3n) is 7.21. The summed E-state index contributed by atoms with van der Waals surface area (Å²) in [6.07, 6.45) is 1.74. The molecule has 3 aromatic carbocycles. The summed E-state index contributed by atoms with van der Waals surface area (Å²) in [5.74, 6) is 1.19. The molecule has 1 atom stereocenters. The SMILES string of the molecule is CCOC(=O)C1=C(C)N=c2s/c(=C\c3cc(Br)c(OCc4ccc(C)cc4)c(Br)c3)c(=O)n2[C@H]1c1ccc(OC(C)C)c(OC)c1. The first kappa shape index (κ1) is 33.7. The average Bonchev–Trinajstić information content (AvgIpc) is 3.30. The fraction of sp³-hybridized carbons (Fsp3) is 0.286. The van der Waals surface area contributed by atoms with Crippen LogP contribution in [0.3, 0.4) is 0 Å². The molecule has 8 nitrogen and oxygen atoms in total. The van der Waals surface area contributed by atoms with Gasteiger partial charge in [-0.2, -0.15) is 0 Å². The Morgan fingerprint density at radius 1 is 1.04 bits per heavy atom. The Bertz CT molecular complexity index is 1970. The second kappa shape index (κ2) is 14.4. The molecule has 1 aliphatic heterocycles. The van der Waals surface area contributed by atoms with E-state index in [4.69, 9.17) is 18.9 Å². The summed E-state index contributed by atoms with van der Waals surface area (Å²) in [4.78, 5) is 32.6. The van der Waals surface area contributed by atoms with E-state index in [-0.39, 0.29) is 18.3 Å². The molecule has 0 unspecified atom stereocenters. The highest BCUT2D eigenvalue weighted by atomic mass is 79.9. The quantitative estimate of drug-likeness (QED) is 0.162. The van der Waals surface area contributed by atoms with Crippen LogP contribution < -0.4 is 29.1 Å². The minimum Gasteiger partial charge on any atom is -0.493 e. The lowest BCUT2D eigenvalue weighted by atomic mass is 9.95. The van der Waals surface area contributed by atoms with E-state index in [2.05, 4.69) is 49.0 Å². The normalized spacial score (nSPS) is 14.6. The predicted octanol–water partition coefficient (Wildman–Crippen LogP) is 7.01. The number of methoxy groups -OCH3 is 1. The zero-order valence-corrected chi connectivity index (χ0v) is 30.3. The molecule has 0 radical (unpaired) electrons. The summed E-state index contributed by atoms with van der Waals surface area (Å²) >= 11 is 8.53. The molecular formula is C35H34Br2N2O6S. The second-order valence-corrected chi connectivity index (χ2v) is 13.7. The summed E-state index contributed by atoms with van der Waals surface area (Å²) in [6, 6.07) is 16.6. The Balaban J connectivity index is 1.57. The molecule has 46 heavy (non-hydrogen) atoms. The number of hydrogen-bond acceptors (Lipinski definition) is 8. The van der Waals surface area contributed by atoms with Crippen LogP contribution in [0.4, 0.5) is 0 Å². The number of thiazole rings is 1. The molecule has 11 heteroatoms. The first-order valence-electron chi connectivity index (χ1n) is 14.7. The molecule has 0 bridgehead atoms. The number of carbonyl (C=O) groups excluding carboxylic acids is 1. The molecular weight excluding hydrogens is 736 g/mol. The fourth-order valence-corrected chi connectivity index (χ4v) is 7.60. The van der Waals surface area contributed by atoms with E-state index in [9.17, 15) is 9.59 Å². The zero-order valence-electron chi connectivity index (χ0n) is 26.4.